The number of fused-ring (bicyclic) bond motifs is 1. The molecule has 4 aromatic rings. The number of aromatic nitrogens is 1. The Morgan fingerprint density at radius 1 is 0.927 bits per heavy atom. The van der Waals surface area contributed by atoms with Crippen LogP contribution in [0.4, 0.5) is 13.2 Å². The summed E-state index contributed by atoms with van der Waals surface area (Å²) in [5.74, 6) is -2.30. The van der Waals surface area contributed by atoms with E-state index in [2.05, 4.69) is 4.98 Å². The predicted octanol–water partition coefficient (Wildman–Crippen LogP) is 7.35. The number of amides is 2. The fourth-order valence-electron chi connectivity index (χ4n) is 5.51. The first-order valence-electron chi connectivity index (χ1n) is 13.1. The molecule has 0 N–H and O–H groups in total. The molecule has 1 aliphatic rings. The Morgan fingerprint density at radius 2 is 1.61 bits per heavy atom. The number of alkyl halides is 3. The van der Waals surface area contributed by atoms with Crippen molar-refractivity contribution in [1.82, 2.24) is 14.8 Å². The molecule has 2 heterocycles. The van der Waals surface area contributed by atoms with Gasteiger partial charge in [0.15, 0.2) is 0 Å². The maximum Gasteiger partial charge on any atom is 0.471 e. The molecule has 1 saturated heterocycles. The minimum atomic E-state index is -5.06. The number of benzene rings is 3. The van der Waals surface area contributed by atoms with Gasteiger partial charge in [-0.3, -0.25) is 14.6 Å². The van der Waals surface area contributed by atoms with Crippen molar-refractivity contribution >= 4 is 45.9 Å². The van der Waals surface area contributed by atoms with Crippen LogP contribution in [0.15, 0.2) is 85.1 Å². The molecule has 0 spiro atoms. The topological polar surface area (TPSA) is 53.5 Å². The Labute approximate surface area is 245 Å². The summed E-state index contributed by atoms with van der Waals surface area (Å²) in [6, 6.07) is 21.7. The predicted molar refractivity (Wildman–Crippen MR) is 153 cm³/mol. The van der Waals surface area contributed by atoms with E-state index in [4.69, 9.17) is 23.2 Å². The van der Waals surface area contributed by atoms with Crippen LogP contribution in [0.2, 0.25) is 10.0 Å². The van der Waals surface area contributed by atoms with Crippen LogP contribution in [0.3, 0.4) is 0 Å². The first kappa shape index (κ1) is 28.9. The van der Waals surface area contributed by atoms with Gasteiger partial charge in [-0.05, 0) is 54.7 Å². The molecule has 2 atom stereocenters. The smallest absolute Gasteiger partial charge is 0.335 e. The Kier molecular flexibility index (Phi) is 8.52. The summed E-state index contributed by atoms with van der Waals surface area (Å²) in [4.78, 5) is 33.4. The Bertz CT molecular complexity index is 1540. The Balaban J connectivity index is 1.50. The number of nitrogens with zero attached hydrogens (tertiary/aromatic N) is 3. The average molecular weight is 600 g/mol. The zero-order valence-electron chi connectivity index (χ0n) is 21.8. The normalized spacial score (nSPS) is 17.4. The lowest BCUT2D eigenvalue weighted by atomic mass is 9.90. The summed E-state index contributed by atoms with van der Waals surface area (Å²) in [6.45, 7) is -0.115. The molecule has 5 rings (SSSR count). The highest BCUT2D eigenvalue weighted by Crippen LogP contribution is 2.34. The quantitative estimate of drug-likeness (QED) is 0.233. The van der Waals surface area contributed by atoms with Gasteiger partial charge in [0.2, 0.25) is 0 Å². The van der Waals surface area contributed by atoms with E-state index in [0.717, 1.165) is 10.5 Å². The van der Waals surface area contributed by atoms with Gasteiger partial charge >= 0.3 is 12.1 Å². The highest BCUT2D eigenvalue weighted by Gasteiger charge is 2.46. The number of carbonyl (C=O) groups is 2. The van der Waals surface area contributed by atoms with Crippen LogP contribution in [-0.2, 0) is 17.8 Å². The standard InChI is InChI=1S/C31H26Cl2F3N3O2/c32-25-10-6-11-26(33)28(25)29(40)38-16-14-22(18-23(38)17-20-7-2-1-3-8-20)39(30(41)31(34,35)36)19-21-13-15-37-27-12-5-4-9-24(21)27/h1-13,15,22-23H,14,16-19H2/t22-,23+/m0/s1. The summed E-state index contributed by atoms with van der Waals surface area (Å²) < 4.78 is 41.8. The largest absolute Gasteiger partial charge is 0.471 e. The van der Waals surface area contributed by atoms with Gasteiger partial charge in [-0.1, -0.05) is 77.8 Å². The zero-order valence-corrected chi connectivity index (χ0v) is 23.3. The number of hydrogen-bond acceptors (Lipinski definition) is 3. The fourth-order valence-corrected chi connectivity index (χ4v) is 6.07. The molecule has 0 bridgehead atoms. The van der Waals surface area contributed by atoms with E-state index >= 15 is 0 Å². The van der Waals surface area contributed by atoms with E-state index in [0.29, 0.717) is 22.9 Å². The second-order valence-electron chi connectivity index (χ2n) is 10.0. The number of carbonyl (C=O) groups excluding carboxylic acids is 2. The number of rotatable bonds is 6. The summed E-state index contributed by atoms with van der Waals surface area (Å²) in [5.41, 5.74) is 2.26. The van der Waals surface area contributed by atoms with Gasteiger partial charge in [0.1, 0.15) is 0 Å². The molecule has 0 radical (unpaired) electrons. The number of para-hydroxylation sites is 1. The van der Waals surface area contributed by atoms with Crippen LogP contribution in [0.5, 0.6) is 0 Å². The first-order valence-corrected chi connectivity index (χ1v) is 13.9. The SMILES string of the molecule is O=C(c1c(Cl)cccc1Cl)N1CC[C@H](N(Cc2ccnc3ccccc23)C(=O)C(F)(F)F)C[C@H]1Cc1ccccc1. The number of hydrogen-bond donors (Lipinski definition) is 0. The molecule has 3 aromatic carbocycles. The third kappa shape index (κ3) is 6.34. The monoisotopic (exact) mass is 599 g/mol. The van der Waals surface area contributed by atoms with Crippen molar-refractivity contribution in [2.24, 2.45) is 0 Å². The maximum absolute atomic E-state index is 13.9. The maximum atomic E-state index is 13.9. The van der Waals surface area contributed by atoms with Gasteiger partial charge in [-0.2, -0.15) is 13.2 Å². The van der Waals surface area contributed by atoms with Gasteiger partial charge in [-0.25, -0.2) is 0 Å². The summed E-state index contributed by atoms with van der Waals surface area (Å²) >= 11 is 12.7. The molecule has 0 aliphatic carbocycles. The number of piperidine rings is 1. The highest BCUT2D eigenvalue weighted by molar-refractivity contribution is 6.39. The van der Waals surface area contributed by atoms with Crippen molar-refractivity contribution in [2.75, 3.05) is 6.54 Å². The lowest BCUT2D eigenvalue weighted by Gasteiger charge is -2.44. The van der Waals surface area contributed by atoms with Crippen molar-refractivity contribution in [3.8, 4) is 0 Å². The van der Waals surface area contributed by atoms with E-state index in [1.807, 2.05) is 30.3 Å². The molecular formula is C31H26Cl2F3N3O2. The molecule has 1 aliphatic heterocycles. The second kappa shape index (κ2) is 12.1. The van der Waals surface area contributed by atoms with E-state index in [-0.39, 0.29) is 41.5 Å². The molecule has 0 unspecified atom stereocenters. The number of likely N-dealkylation sites (tertiary alicyclic amines) is 1. The summed E-state index contributed by atoms with van der Waals surface area (Å²) in [7, 11) is 0. The third-order valence-electron chi connectivity index (χ3n) is 7.46. The number of pyridine rings is 1. The first-order chi connectivity index (χ1) is 19.6. The lowest BCUT2D eigenvalue weighted by molar-refractivity contribution is -0.189. The van der Waals surface area contributed by atoms with E-state index < -0.39 is 30.1 Å². The second-order valence-corrected chi connectivity index (χ2v) is 10.8. The minimum Gasteiger partial charge on any atom is -0.335 e. The van der Waals surface area contributed by atoms with Gasteiger partial charge in [0.25, 0.3) is 5.91 Å². The van der Waals surface area contributed by atoms with Crippen LogP contribution >= 0.6 is 23.2 Å². The van der Waals surface area contributed by atoms with Crippen molar-refractivity contribution < 1.29 is 22.8 Å². The molecule has 212 valence electrons. The summed E-state index contributed by atoms with van der Waals surface area (Å²) in [5, 5.41) is 1.07. The van der Waals surface area contributed by atoms with Gasteiger partial charge in [0, 0.05) is 36.8 Å². The molecule has 1 aromatic heterocycles. The zero-order chi connectivity index (χ0) is 29.1. The van der Waals surface area contributed by atoms with Crippen LogP contribution < -0.4 is 0 Å². The Hall–Kier alpha value is -3.62. The summed E-state index contributed by atoms with van der Waals surface area (Å²) in [6.07, 6.45) is -2.84. The van der Waals surface area contributed by atoms with E-state index in [1.54, 1.807) is 53.4 Å². The van der Waals surface area contributed by atoms with Crippen LogP contribution in [0.25, 0.3) is 10.9 Å². The van der Waals surface area contributed by atoms with Crippen LogP contribution in [0.1, 0.15) is 34.3 Å². The highest BCUT2D eigenvalue weighted by atomic mass is 35.5. The van der Waals surface area contributed by atoms with E-state index in [1.165, 1.54) is 6.20 Å². The van der Waals surface area contributed by atoms with Gasteiger partial charge in [0.05, 0.1) is 21.1 Å². The lowest BCUT2D eigenvalue weighted by Crippen LogP contribution is -2.55. The molecule has 5 nitrogen and oxygen atoms in total. The molecule has 2 amide bonds. The molecule has 10 heteroatoms. The van der Waals surface area contributed by atoms with Crippen molar-refractivity contribution in [3.05, 3.63) is 112 Å². The van der Waals surface area contributed by atoms with Crippen molar-refractivity contribution in [3.63, 3.8) is 0 Å². The molecule has 41 heavy (non-hydrogen) atoms. The molecule has 0 saturated carbocycles. The van der Waals surface area contributed by atoms with Crippen molar-refractivity contribution in [2.45, 2.75) is 44.1 Å². The molecule has 1 fully saturated rings. The Morgan fingerprint density at radius 3 is 2.32 bits per heavy atom. The fraction of sp³-hybridized carbons (Fsp3) is 0.258. The van der Waals surface area contributed by atoms with E-state index in [9.17, 15) is 22.8 Å². The van der Waals surface area contributed by atoms with Gasteiger partial charge < -0.3 is 9.80 Å². The average Bonchev–Trinajstić information content (AvgIpc) is 2.95. The van der Waals surface area contributed by atoms with Crippen molar-refractivity contribution in [1.29, 1.82) is 0 Å². The minimum absolute atomic E-state index is 0.126. The van der Waals surface area contributed by atoms with Crippen LogP contribution in [-0.4, -0.2) is 51.4 Å². The molecular weight excluding hydrogens is 574 g/mol. The number of halogens is 5. The third-order valence-corrected chi connectivity index (χ3v) is 8.09. The van der Waals surface area contributed by atoms with Gasteiger partial charge in [-0.15, -0.1) is 0 Å². The van der Waals surface area contributed by atoms with Crippen LogP contribution in [0, 0.1) is 0 Å².